The lowest BCUT2D eigenvalue weighted by atomic mass is 9.70. The summed E-state index contributed by atoms with van der Waals surface area (Å²) >= 11 is 6.03. The summed E-state index contributed by atoms with van der Waals surface area (Å²) in [5.41, 5.74) is 0.250. The highest BCUT2D eigenvalue weighted by Crippen LogP contribution is 2.42. The van der Waals surface area contributed by atoms with Crippen molar-refractivity contribution in [2.75, 3.05) is 11.9 Å². The van der Waals surface area contributed by atoms with Gasteiger partial charge in [-0.3, -0.25) is 0 Å². The minimum Gasteiger partial charge on any atom is -0.406 e. The number of alkyl halides is 6. The summed E-state index contributed by atoms with van der Waals surface area (Å²) in [6, 6.07) is 16.2. The maximum Gasteiger partial charge on any atom is 0.573 e. The van der Waals surface area contributed by atoms with Gasteiger partial charge in [0.05, 0.1) is 28.3 Å². The van der Waals surface area contributed by atoms with Crippen molar-refractivity contribution in [2.24, 2.45) is 5.10 Å². The molecule has 0 bridgehead atoms. The van der Waals surface area contributed by atoms with Crippen LogP contribution < -0.4 is 10.1 Å². The van der Waals surface area contributed by atoms with Crippen molar-refractivity contribution in [3.63, 3.8) is 0 Å². The van der Waals surface area contributed by atoms with Gasteiger partial charge in [0, 0.05) is 11.3 Å². The molecule has 0 saturated heterocycles. The number of nitrogens with one attached hydrogen (secondary N) is 1. The monoisotopic (exact) mass is 581 g/mol. The van der Waals surface area contributed by atoms with Crippen LogP contribution in [0.1, 0.15) is 30.0 Å². The van der Waals surface area contributed by atoms with E-state index in [1.807, 2.05) is 12.1 Å². The second-order valence-corrected chi connectivity index (χ2v) is 9.69. The fourth-order valence-electron chi connectivity index (χ4n) is 4.60. The van der Waals surface area contributed by atoms with Crippen LogP contribution in [0.5, 0.6) is 5.75 Å². The lowest BCUT2D eigenvalue weighted by Crippen LogP contribution is -2.41. The van der Waals surface area contributed by atoms with Gasteiger partial charge in [0.2, 0.25) is 0 Å². The Hall–Kier alpha value is -3.99. The summed E-state index contributed by atoms with van der Waals surface area (Å²) in [7, 11) is 0. The van der Waals surface area contributed by atoms with Crippen molar-refractivity contribution in [1.29, 1.82) is 0 Å². The number of nitrogens with zero attached hydrogens (tertiary/aromatic N) is 2. The molecule has 0 saturated carbocycles. The Balaban J connectivity index is 1.73. The number of allylic oxidation sites excluding steroid dienone is 1. The van der Waals surface area contributed by atoms with Crippen molar-refractivity contribution in [3.05, 3.63) is 107 Å². The number of carbonyl (C=O) groups excluding carboxylic acids is 1. The number of halogens is 7. The summed E-state index contributed by atoms with van der Waals surface area (Å²) in [5.74, 6) is -0.462. The first-order valence-corrected chi connectivity index (χ1v) is 12.2. The average molecular weight is 582 g/mol. The van der Waals surface area contributed by atoms with Gasteiger partial charge in [-0.05, 0) is 55.3 Å². The molecule has 0 aliphatic carbocycles. The van der Waals surface area contributed by atoms with E-state index in [0.29, 0.717) is 12.1 Å². The zero-order chi connectivity index (χ0) is 29.3. The summed E-state index contributed by atoms with van der Waals surface area (Å²) in [4.78, 5) is 13.3. The minimum atomic E-state index is -4.86. The van der Waals surface area contributed by atoms with Crippen LogP contribution >= 0.6 is 11.6 Å². The molecule has 3 aromatic carbocycles. The summed E-state index contributed by atoms with van der Waals surface area (Å²) in [6.07, 6.45) is -9.22. The standard InChI is InChI=1S/C28H22ClF6N3O2/c1-17(2)15-26(19-6-4-3-5-7-19)16-38(25(39)36-20-9-11-21(12-10-20)40-28(33,34)35)37-24(26)18-8-13-22(23(29)14-18)27(30,31)32/h3-14H,1,15-16H2,2H3,(H,36,39). The third-order valence-electron chi connectivity index (χ3n) is 6.15. The molecule has 1 unspecified atom stereocenters. The van der Waals surface area contributed by atoms with Crippen LogP contribution in [-0.4, -0.2) is 29.7 Å². The number of hydrogen-bond donors (Lipinski definition) is 1. The number of rotatable bonds is 6. The van der Waals surface area contributed by atoms with E-state index in [1.165, 1.54) is 24.3 Å². The highest BCUT2D eigenvalue weighted by atomic mass is 35.5. The molecule has 0 spiro atoms. The Morgan fingerprint density at radius 3 is 2.25 bits per heavy atom. The molecule has 40 heavy (non-hydrogen) atoms. The number of anilines is 1. The molecule has 0 aromatic heterocycles. The quantitative estimate of drug-likeness (QED) is 0.235. The number of hydrazone groups is 1. The number of ether oxygens (including phenoxy) is 1. The van der Waals surface area contributed by atoms with Gasteiger partial charge in [0.15, 0.2) is 0 Å². The van der Waals surface area contributed by atoms with Crippen molar-refractivity contribution < 1.29 is 35.9 Å². The van der Waals surface area contributed by atoms with Crippen molar-refractivity contribution >= 4 is 29.0 Å². The van der Waals surface area contributed by atoms with Crippen LogP contribution in [0.15, 0.2) is 90.0 Å². The highest BCUT2D eigenvalue weighted by molar-refractivity contribution is 6.32. The van der Waals surface area contributed by atoms with Crippen LogP contribution in [0.2, 0.25) is 5.02 Å². The smallest absolute Gasteiger partial charge is 0.406 e. The van der Waals surface area contributed by atoms with E-state index >= 15 is 0 Å². The third kappa shape index (κ3) is 6.41. The lowest BCUT2D eigenvalue weighted by Gasteiger charge is -2.32. The second kappa shape index (κ2) is 10.9. The number of urea groups is 1. The molecule has 2 amide bonds. The first-order chi connectivity index (χ1) is 18.7. The summed E-state index contributed by atoms with van der Waals surface area (Å²) < 4.78 is 81.3. The molecular formula is C28H22ClF6N3O2. The summed E-state index contributed by atoms with van der Waals surface area (Å²) in [5, 5.41) is 7.70. The Morgan fingerprint density at radius 2 is 1.70 bits per heavy atom. The Kier molecular flexibility index (Phi) is 7.89. The highest BCUT2D eigenvalue weighted by Gasteiger charge is 2.47. The van der Waals surface area contributed by atoms with Gasteiger partial charge >= 0.3 is 18.6 Å². The number of hydrogen-bond acceptors (Lipinski definition) is 3. The molecular weight excluding hydrogens is 560 g/mol. The van der Waals surface area contributed by atoms with Gasteiger partial charge in [-0.2, -0.15) is 18.3 Å². The predicted octanol–water partition coefficient (Wildman–Crippen LogP) is 8.41. The van der Waals surface area contributed by atoms with E-state index in [2.05, 4.69) is 21.7 Å². The van der Waals surface area contributed by atoms with Gasteiger partial charge in [-0.25, -0.2) is 9.80 Å². The Labute approximate surface area is 230 Å². The van der Waals surface area contributed by atoms with E-state index < -0.39 is 40.3 Å². The number of benzene rings is 3. The maximum atomic E-state index is 13.4. The van der Waals surface area contributed by atoms with Gasteiger partial charge in [0.1, 0.15) is 5.75 Å². The molecule has 210 valence electrons. The molecule has 0 radical (unpaired) electrons. The third-order valence-corrected chi connectivity index (χ3v) is 6.46. The topological polar surface area (TPSA) is 53.9 Å². The van der Waals surface area contributed by atoms with Crippen molar-refractivity contribution in [2.45, 2.75) is 31.3 Å². The molecule has 1 aliphatic heterocycles. The lowest BCUT2D eigenvalue weighted by molar-refractivity contribution is -0.274. The molecule has 0 fully saturated rings. The SMILES string of the molecule is C=C(C)CC1(c2ccccc2)CN(C(=O)Nc2ccc(OC(F)(F)F)cc2)N=C1c1ccc(C(F)(F)F)c(Cl)c1. The molecule has 1 heterocycles. The fourth-order valence-corrected chi connectivity index (χ4v) is 4.88. The molecule has 1 N–H and O–H groups in total. The number of carbonyl (C=O) groups is 1. The molecule has 5 nitrogen and oxygen atoms in total. The van der Waals surface area contributed by atoms with E-state index in [-0.39, 0.29) is 17.8 Å². The molecule has 4 rings (SSSR count). The van der Waals surface area contributed by atoms with E-state index in [4.69, 9.17) is 11.6 Å². The fraction of sp³-hybridized carbons (Fsp3) is 0.214. The maximum absolute atomic E-state index is 13.4. The van der Waals surface area contributed by atoms with Gasteiger partial charge in [0.25, 0.3) is 0 Å². The van der Waals surface area contributed by atoms with E-state index in [9.17, 15) is 31.1 Å². The van der Waals surface area contributed by atoms with E-state index in [1.54, 1.807) is 25.1 Å². The first kappa shape index (κ1) is 29.0. The zero-order valence-electron chi connectivity index (χ0n) is 20.9. The van der Waals surface area contributed by atoms with Gasteiger partial charge in [-0.15, -0.1) is 19.8 Å². The Morgan fingerprint density at radius 1 is 1.05 bits per heavy atom. The van der Waals surface area contributed by atoms with Crippen molar-refractivity contribution in [3.8, 4) is 5.75 Å². The van der Waals surface area contributed by atoms with Gasteiger partial charge in [-0.1, -0.05) is 53.6 Å². The average Bonchev–Trinajstić information content (AvgIpc) is 3.24. The zero-order valence-corrected chi connectivity index (χ0v) is 21.7. The predicted molar refractivity (Wildman–Crippen MR) is 139 cm³/mol. The molecule has 3 aromatic rings. The number of amides is 2. The van der Waals surface area contributed by atoms with Crippen LogP contribution in [0.3, 0.4) is 0 Å². The molecule has 1 atom stereocenters. The Bertz CT molecular complexity index is 1440. The normalized spacial score (nSPS) is 17.4. The molecule has 12 heteroatoms. The van der Waals surface area contributed by atoms with Crippen LogP contribution in [0.4, 0.5) is 36.8 Å². The van der Waals surface area contributed by atoms with E-state index in [0.717, 1.165) is 34.3 Å². The molecule has 1 aliphatic rings. The van der Waals surface area contributed by atoms with Gasteiger partial charge < -0.3 is 10.1 Å². The van der Waals surface area contributed by atoms with Crippen molar-refractivity contribution in [1.82, 2.24) is 5.01 Å². The summed E-state index contributed by atoms with van der Waals surface area (Å²) in [6.45, 7) is 5.80. The van der Waals surface area contributed by atoms with Crippen LogP contribution in [0, 0.1) is 0 Å². The first-order valence-electron chi connectivity index (χ1n) is 11.8. The van der Waals surface area contributed by atoms with Crippen LogP contribution in [0.25, 0.3) is 0 Å². The largest absolute Gasteiger partial charge is 0.573 e. The van der Waals surface area contributed by atoms with Crippen LogP contribution in [-0.2, 0) is 11.6 Å². The second-order valence-electron chi connectivity index (χ2n) is 9.28. The minimum absolute atomic E-state index is 0.00104.